The summed E-state index contributed by atoms with van der Waals surface area (Å²) in [7, 11) is 2.02. The molecule has 0 atom stereocenters. The Hall–Kier alpha value is -2.30. The summed E-state index contributed by atoms with van der Waals surface area (Å²) in [5, 5.41) is 7.64. The second kappa shape index (κ2) is 9.58. The summed E-state index contributed by atoms with van der Waals surface area (Å²) >= 11 is 0. The quantitative estimate of drug-likeness (QED) is 0.601. The lowest BCUT2D eigenvalue weighted by Gasteiger charge is -2.31. The third kappa shape index (κ3) is 4.90. The predicted molar refractivity (Wildman–Crippen MR) is 117 cm³/mol. The molecule has 0 amide bonds. The molecule has 0 spiro atoms. The largest absolute Gasteiger partial charge is 0.368 e. The van der Waals surface area contributed by atoms with Crippen molar-refractivity contribution >= 4 is 16.5 Å². The minimum atomic E-state index is 0.665. The molecule has 27 heavy (non-hydrogen) atoms. The maximum absolute atomic E-state index is 3.73. The molecule has 2 aromatic rings. The van der Waals surface area contributed by atoms with Crippen LogP contribution in [0.15, 0.2) is 55.4 Å². The fourth-order valence-corrected chi connectivity index (χ4v) is 3.82. The summed E-state index contributed by atoms with van der Waals surface area (Å²) < 4.78 is 0. The molecule has 4 heteroatoms. The van der Waals surface area contributed by atoms with Crippen LogP contribution < -0.4 is 10.6 Å². The van der Waals surface area contributed by atoms with Crippen molar-refractivity contribution in [1.29, 1.82) is 0 Å². The zero-order valence-electron chi connectivity index (χ0n) is 16.6. The lowest BCUT2D eigenvalue weighted by Crippen LogP contribution is -2.38. The Morgan fingerprint density at radius 3 is 2.81 bits per heavy atom. The van der Waals surface area contributed by atoms with Crippen molar-refractivity contribution in [2.45, 2.75) is 32.1 Å². The van der Waals surface area contributed by atoms with Crippen LogP contribution in [0.4, 0.5) is 0 Å². The number of hydrogen-bond donors (Lipinski definition) is 3. The van der Waals surface area contributed by atoms with E-state index in [1.165, 1.54) is 42.4 Å². The standard InChI is InChI=1S/C23H32N4/c1-4-6-7-20(16-25-5-2)23-15-21-14-19(8-9-22(21)26-23)18-10-12-27(13-11-18)17-24-3/h5-9,14-16,18,24-26H,2,4,10-13,17H2,1,3H3/b7-6-,20-16+. The van der Waals surface area contributed by atoms with Crippen LogP contribution >= 0.6 is 0 Å². The van der Waals surface area contributed by atoms with Crippen LogP contribution in [0.25, 0.3) is 16.5 Å². The van der Waals surface area contributed by atoms with Gasteiger partial charge in [-0.05, 0) is 75.3 Å². The molecule has 1 fully saturated rings. The van der Waals surface area contributed by atoms with Gasteiger partial charge in [0.1, 0.15) is 0 Å². The average Bonchev–Trinajstić information content (AvgIpc) is 3.12. The number of fused-ring (bicyclic) bond motifs is 1. The monoisotopic (exact) mass is 364 g/mol. The number of H-pyrrole nitrogens is 1. The highest BCUT2D eigenvalue weighted by Gasteiger charge is 2.20. The van der Waals surface area contributed by atoms with Gasteiger partial charge in [0.25, 0.3) is 0 Å². The van der Waals surface area contributed by atoms with Crippen LogP contribution in [0.2, 0.25) is 0 Å². The minimum Gasteiger partial charge on any atom is -0.368 e. The number of hydrogen-bond acceptors (Lipinski definition) is 3. The van der Waals surface area contributed by atoms with E-state index in [1.807, 2.05) is 13.2 Å². The third-order valence-electron chi connectivity index (χ3n) is 5.29. The number of nitrogens with zero attached hydrogens (tertiary/aromatic N) is 1. The second-order valence-electron chi connectivity index (χ2n) is 7.21. The first-order chi connectivity index (χ1) is 13.2. The molecule has 144 valence electrons. The van der Waals surface area contributed by atoms with Crippen molar-refractivity contribution in [2.75, 3.05) is 26.8 Å². The molecule has 2 heterocycles. The fraction of sp³-hybridized carbons (Fsp3) is 0.391. The highest BCUT2D eigenvalue weighted by molar-refractivity contribution is 5.87. The molecular weight excluding hydrogens is 332 g/mol. The van der Waals surface area contributed by atoms with Gasteiger partial charge in [-0.15, -0.1) is 0 Å². The van der Waals surface area contributed by atoms with Gasteiger partial charge in [0, 0.05) is 35.0 Å². The van der Waals surface area contributed by atoms with E-state index < -0.39 is 0 Å². The predicted octanol–water partition coefficient (Wildman–Crippen LogP) is 4.56. The number of rotatable bonds is 8. The molecule has 0 radical (unpaired) electrons. The van der Waals surface area contributed by atoms with E-state index in [-0.39, 0.29) is 0 Å². The number of nitrogens with one attached hydrogen (secondary N) is 3. The van der Waals surface area contributed by atoms with E-state index in [0.29, 0.717) is 5.92 Å². The molecule has 1 aromatic carbocycles. The number of allylic oxidation sites excluding steroid dienone is 3. The van der Waals surface area contributed by atoms with Crippen LogP contribution in [0.5, 0.6) is 0 Å². The summed E-state index contributed by atoms with van der Waals surface area (Å²) in [6.07, 6.45) is 11.5. The Morgan fingerprint density at radius 1 is 1.30 bits per heavy atom. The first-order valence-electron chi connectivity index (χ1n) is 9.98. The Kier molecular flexibility index (Phi) is 6.91. The number of likely N-dealkylation sites (tertiary alicyclic amines) is 1. The van der Waals surface area contributed by atoms with Crippen molar-refractivity contribution in [3.63, 3.8) is 0 Å². The van der Waals surface area contributed by atoms with Gasteiger partial charge in [-0.25, -0.2) is 0 Å². The van der Waals surface area contributed by atoms with Gasteiger partial charge >= 0.3 is 0 Å². The lowest BCUT2D eigenvalue weighted by atomic mass is 9.89. The van der Waals surface area contributed by atoms with Gasteiger partial charge in [0.2, 0.25) is 0 Å². The molecule has 0 unspecified atom stereocenters. The molecule has 1 saturated heterocycles. The molecule has 1 aliphatic rings. The Balaban J connectivity index is 1.80. The summed E-state index contributed by atoms with van der Waals surface area (Å²) in [6, 6.07) is 9.16. The van der Waals surface area contributed by atoms with Gasteiger partial charge in [-0.3, -0.25) is 4.90 Å². The normalized spacial score (nSPS) is 17.0. The van der Waals surface area contributed by atoms with Crippen LogP contribution in [-0.2, 0) is 0 Å². The highest BCUT2D eigenvalue weighted by atomic mass is 15.2. The van der Waals surface area contributed by atoms with E-state index >= 15 is 0 Å². The van der Waals surface area contributed by atoms with Gasteiger partial charge in [-0.1, -0.05) is 31.7 Å². The van der Waals surface area contributed by atoms with Crippen molar-refractivity contribution in [3.05, 3.63) is 66.7 Å². The van der Waals surface area contributed by atoms with Crippen molar-refractivity contribution in [2.24, 2.45) is 0 Å². The van der Waals surface area contributed by atoms with Crippen molar-refractivity contribution in [1.82, 2.24) is 20.5 Å². The summed E-state index contributed by atoms with van der Waals surface area (Å²) in [5.41, 5.74) is 4.92. The van der Waals surface area contributed by atoms with E-state index in [1.54, 1.807) is 6.20 Å². The van der Waals surface area contributed by atoms with Crippen LogP contribution in [0.3, 0.4) is 0 Å². The molecular formula is C23H32N4. The number of aromatic nitrogens is 1. The van der Waals surface area contributed by atoms with Crippen molar-refractivity contribution in [3.8, 4) is 0 Å². The highest BCUT2D eigenvalue weighted by Crippen LogP contribution is 2.31. The van der Waals surface area contributed by atoms with E-state index in [9.17, 15) is 0 Å². The molecule has 0 aliphatic carbocycles. The first kappa shape index (κ1) is 19.5. The number of aromatic amines is 1. The maximum Gasteiger partial charge on any atom is 0.0479 e. The van der Waals surface area contributed by atoms with E-state index in [0.717, 1.165) is 24.4 Å². The topological polar surface area (TPSA) is 43.1 Å². The summed E-state index contributed by atoms with van der Waals surface area (Å²) in [6.45, 7) is 9.21. The van der Waals surface area contributed by atoms with Crippen LogP contribution in [0.1, 0.15) is 43.4 Å². The molecule has 1 aliphatic heterocycles. The van der Waals surface area contributed by atoms with Gasteiger partial charge in [0.15, 0.2) is 0 Å². The summed E-state index contributed by atoms with van der Waals surface area (Å²) in [5.74, 6) is 0.665. The second-order valence-corrected chi connectivity index (χ2v) is 7.21. The maximum atomic E-state index is 3.73. The Morgan fingerprint density at radius 2 is 2.11 bits per heavy atom. The van der Waals surface area contributed by atoms with E-state index in [2.05, 4.69) is 70.4 Å². The van der Waals surface area contributed by atoms with Gasteiger partial charge < -0.3 is 15.6 Å². The van der Waals surface area contributed by atoms with E-state index in [4.69, 9.17) is 0 Å². The molecule has 3 rings (SSSR count). The van der Waals surface area contributed by atoms with Crippen LogP contribution in [0, 0.1) is 0 Å². The van der Waals surface area contributed by atoms with Gasteiger partial charge in [-0.2, -0.15) is 0 Å². The first-order valence-corrected chi connectivity index (χ1v) is 9.98. The number of piperidine rings is 1. The molecule has 3 N–H and O–H groups in total. The Bertz CT molecular complexity index is 807. The number of benzene rings is 1. The van der Waals surface area contributed by atoms with Gasteiger partial charge in [0.05, 0.1) is 0 Å². The van der Waals surface area contributed by atoms with Crippen molar-refractivity contribution < 1.29 is 0 Å². The SMILES string of the molecule is C=CN/C=C(\C=C/CC)c1cc2cc(C3CCN(CNC)CC3)ccc2[nH]1. The summed E-state index contributed by atoms with van der Waals surface area (Å²) in [4.78, 5) is 6.05. The molecule has 1 aromatic heterocycles. The zero-order chi connectivity index (χ0) is 19.1. The Labute approximate surface area is 163 Å². The lowest BCUT2D eigenvalue weighted by molar-refractivity contribution is 0.203. The third-order valence-corrected chi connectivity index (χ3v) is 5.29. The zero-order valence-corrected chi connectivity index (χ0v) is 16.6. The fourth-order valence-electron chi connectivity index (χ4n) is 3.82. The smallest absolute Gasteiger partial charge is 0.0479 e. The molecule has 0 bridgehead atoms. The minimum absolute atomic E-state index is 0.665. The average molecular weight is 365 g/mol. The van der Waals surface area contributed by atoms with Crippen LogP contribution in [-0.4, -0.2) is 36.7 Å². The molecule has 0 saturated carbocycles. The molecule has 4 nitrogen and oxygen atoms in total.